The maximum atomic E-state index is 5.84. The summed E-state index contributed by atoms with van der Waals surface area (Å²) in [6.07, 6.45) is 1.75. The van der Waals surface area contributed by atoms with E-state index in [-0.39, 0.29) is 0 Å². The number of hydrogen-bond acceptors (Lipinski definition) is 5. The fraction of sp³-hybridized carbons (Fsp3) is 0. The fourth-order valence-electron chi connectivity index (χ4n) is 4.32. The Morgan fingerprint density at radius 2 is 1.56 bits per heavy atom. The van der Waals surface area contributed by atoms with Crippen LogP contribution in [0, 0.1) is 0 Å². The second-order valence-corrected chi connectivity index (χ2v) is 9.89. The van der Waals surface area contributed by atoms with E-state index in [1.807, 2.05) is 41.7 Å². The number of fused-ring (bicyclic) bond motifs is 6. The summed E-state index contributed by atoms with van der Waals surface area (Å²) in [5.41, 5.74) is 5.11. The van der Waals surface area contributed by atoms with Gasteiger partial charge in [0.25, 0.3) is 0 Å². The Kier molecular flexibility index (Phi) is 3.95. The summed E-state index contributed by atoms with van der Waals surface area (Å²) in [7, 11) is 0. The van der Waals surface area contributed by atoms with E-state index in [0.717, 1.165) is 22.5 Å². The predicted molar refractivity (Wildman–Crippen MR) is 134 cm³/mol. The number of anilines is 2. The highest BCUT2D eigenvalue weighted by molar-refractivity contribution is 7.99. The van der Waals surface area contributed by atoms with Crippen LogP contribution in [0.3, 0.4) is 0 Å². The normalized spacial score (nSPS) is 12.5. The minimum Gasteiger partial charge on any atom is -0.444 e. The van der Waals surface area contributed by atoms with E-state index in [1.165, 1.54) is 35.7 Å². The Bertz CT molecular complexity index is 1630. The number of nitrogens with zero attached hydrogens (tertiary/aromatic N) is 1. The molecule has 0 unspecified atom stereocenters. The summed E-state index contributed by atoms with van der Waals surface area (Å²) in [6.45, 7) is 0. The smallest absolute Gasteiger partial charge is 0.226 e. The molecule has 3 nitrogen and oxygen atoms in total. The lowest BCUT2D eigenvalue weighted by Crippen LogP contribution is -2.02. The number of rotatable bonds is 2. The molecule has 0 atom stereocenters. The number of aromatic nitrogens is 1. The molecule has 32 heavy (non-hydrogen) atoms. The van der Waals surface area contributed by atoms with Crippen molar-refractivity contribution in [3.05, 3.63) is 91.2 Å². The minimum atomic E-state index is 0.633. The molecule has 0 amide bonds. The van der Waals surface area contributed by atoms with Gasteiger partial charge in [0.2, 0.25) is 5.89 Å². The van der Waals surface area contributed by atoms with Gasteiger partial charge in [0.15, 0.2) is 0 Å². The zero-order chi connectivity index (χ0) is 21.1. The van der Waals surface area contributed by atoms with Gasteiger partial charge in [0.1, 0.15) is 12.0 Å². The molecule has 0 aliphatic carbocycles. The first-order valence-corrected chi connectivity index (χ1v) is 12.0. The minimum absolute atomic E-state index is 0.633. The van der Waals surface area contributed by atoms with Crippen LogP contribution in [0.25, 0.3) is 42.9 Å². The first-order chi connectivity index (χ1) is 15.8. The third-order valence-electron chi connectivity index (χ3n) is 5.80. The van der Waals surface area contributed by atoms with Gasteiger partial charge in [0.05, 0.1) is 11.4 Å². The zero-order valence-electron chi connectivity index (χ0n) is 16.8. The van der Waals surface area contributed by atoms with Crippen molar-refractivity contribution < 1.29 is 4.42 Å². The summed E-state index contributed by atoms with van der Waals surface area (Å²) in [4.78, 5) is 7.24. The molecule has 3 heterocycles. The van der Waals surface area contributed by atoms with Gasteiger partial charge in [-0.1, -0.05) is 60.3 Å². The third kappa shape index (κ3) is 2.72. The van der Waals surface area contributed by atoms with Crippen LogP contribution in [0.15, 0.2) is 105 Å². The van der Waals surface area contributed by atoms with Crippen molar-refractivity contribution in [2.24, 2.45) is 0 Å². The summed E-state index contributed by atoms with van der Waals surface area (Å²) in [6, 6.07) is 29.5. The van der Waals surface area contributed by atoms with Gasteiger partial charge in [-0.3, -0.25) is 0 Å². The standard InChI is InChI=1S/C27H16N2OS2/c1-2-7-16(8-3-1)27-28-19(15-30-27)17-10-6-12-22-25(17)29-26-23(32-22)14-13-21-24(26)18-9-4-5-11-20(18)31-21/h1-15,29H. The second kappa shape index (κ2) is 6.99. The molecule has 0 spiro atoms. The van der Waals surface area contributed by atoms with Crippen LogP contribution in [-0.2, 0) is 0 Å². The number of hydrogen-bond donors (Lipinski definition) is 1. The van der Waals surface area contributed by atoms with Gasteiger partial charge >= 0.3 is 0 Å². The quantitative estimate of drug-likeness (QED) is 0.287. The molecule has 0 saturated carbocycles. The number of benzene rings is 4. The van der Waals surface area contributed by atoms with Crippen molar-refractivity contribution in [1.29, 1.82) is 0 Å². The third-order valence-corrected chi connectivity index (χ3v) is 8.06. The molecule has 6 aromatic rings. The van der Waals surface area contributed by atoms with Crippen molar-refractivity contribution in [3.63, 3.8) is 0 Å². The predicted octanol–water partition coefficient (Wildman–Crippen LogP) is 8.58. The molecule has 0 fully saturated rings. The van der Waals surface area contributed by atoms with Crippen LogP contribution in [-0.4, -0.2) is 4.98 Å². The maximum Gasteiger partial charge on any atom is 0.226 e. The second-order valence-electron chi connectivity index (χ2n) is 7.72. The van der Waals surface area contributed by atoms with E-state index in [4.69, 9.17) is 9.40 Å². The summed E-state index contributed by atoms with van der Waals surface area (Å²) >= 11 is 3.65. The van der Waals surface area contributed by atoms with E-state index in [1.54, 1.807) is 18.0 Å². The highest BCUT2D eigenvalue weighted by Crippen LogP contribution is 2.52. The molecule has 4 aromatic carbocycles. The van der Waals surface area contributed by atoms with E-state index in [0.29, 0.717) is 5.89 Å². The van der Waals surface area contributed by atoms with Crippen molar-refractivity contribution in [3.8, 4) is 22.7 Å². The lowest BCUT2D eigenvalue weighted by Gasteiger charge is -2.23. The average molecular weight is 449 g/mol. The molecule has 7 rings (SSSR count). The van der Waals surface area contributed by atoms with Crippen LogP contribution >= 0.6 is 23.1 Å². The summed E-state index contributed by atoms with van der Waals surface area (Å²) < 4.78 is 8.45. The van der Waals surface area contributed by atoms with Crippen molar-refractivity contribution in [2.45, 2.75) is 9.79 Å². The Morgan fingerprint density at radius 1 is 0.719 bits per heavy atom. The van der Waals surface area contributed by atoms with Gasteiger partial charge in [-0.25, -0.2) is 4.98 Å². The van der Waals surface area contributed by atoms with E-state index in [2.05, 4.69) is 59.9 Å². The Morgan fingerprint density at radius 3 is 2.50 bits per heavy atom. The first kappa shape index (κ1) is 18.1. The van der Waals surface area contributed by atoms with Crippen LogP contribution in [0.5, 0.6) is 0 Å². The number of nitrogens with one attached hydrogen (secondary N) is 1. The van der Waals surface area contributed by atoms with Crippen molar-refractivity contribution in [2.75, 3.05) is 5.32 Å². The first-order valence-electron chi connectivity index (χ1n) is 10.4. The molecule has 0 bridgehead atoms. The Hall–Kier alpha value is -3.54. The molecule has 1 aliphatic heterocycles. The topological polar surface area (TPSA) is 38.1 Å². The monoisotopic (exact) mass is 448 g/mol. The van der Waals surface area contributed by atoms with Crippen LogP contribution in [0.2, 0.25) is 0 Å². The molecular formula is C27H16N2OS2. The largest absolute Gasteiger partial charge is 0.444 e. The number of para-hydroxylation sites is 1. The Labute approximate surface area is 192 Å². The van der Waals surface area contributed by atoms with Gasteiger partial charge in [-0.05, 0) is 36.4 Å². The Balaban J connectivity index is 1.38. The van der Waals surface area contributed by atoms with Gasteiger partial charge in [-0.15, -0.1) is 11.3 Å². The molecule has 5 heteroatoms. The molecule has 0 radical (unpaired) electrons. The van der Waals surface area contributed by atoms with Crippen molar-refractivity contribution >= 4 is 54.6 Å². The highest BCUT2D eigenvalue weighted by Gasteiger charge is 2.23. The van der Waals surface area contributed by atoms with Gasteiger partial charge in [0, 0.05) is 41.1 Å². The number of thiophene rings is 1. The lowest BCUT2D eigenvalue weighted by atomic mass is 10.1. The van der Waals surface area contributed by atoms with Gasteiger partial charge < -0.3 is 9.73 Å². The van der Waals surface area contributed by atoms with Crippen molar-refractivity contribution in [1.82, 2.24) is 4.98 Å². The van der Waals surface area contributed by atoms with Crippen LogP contribution in [0.4, 0.5) is 11.4 Å². The van der Waals surface area contributed by atoms with E-state index in [9.17, 15) is 0 Å². The average Bonchev–Trinajstić information content (AvgIpc) is 3.48. The molecule has 2 aromatic heterocycles. The van der Waals surface area contributed by atoms with Crippen LogP contribution in [0.1, 0.15) is 0 Å². The molecule has 152 valence electrons. The summed E-state index contributed by atoms with van der Waals surface area (Å²) in [5.74, 6) is 0.633. The summed E-state index contributed by atoms with van der Waals surface area (Å²) in [5, 5.41) is 6.37. The molecular weight excluding hydrogens is 432 g/mol. The SMILES string of the molecule is c1ccc(-c2nc(-c3cccc4c3Nc3c(ccc5sc6ccccc6c35)S4)co2)cc1. The molecule has 1 aliphatic rings. The fourth-order valence-corrected chi connectivity index (χ4v) is 6.47. The van der Waals surface area contributed by atoms with E-state index >= 15 is 0 Å². The molecule has 0 saturated heterocycles. The van der Waals surface area contributed by atoms with Gasteiger partial charge in [-0.2, -0.15) is 0 Å². The van der Waals surface area contributed by atoms with Crippen LogP contribution < -0.4 is 5.32 Å². The lowest BCUT2D eigenvalue weighted by molar-refractivity contribution is 0.575. The molecule has 1 N–H and O–H groups in total. The van der Waals surface area contributed by atoms with E-state index < -0.39 is 0 Å². The maximum absolute atomic E-state index is 5.84. The highest BCUT2D eigenvalue weighted by atomic mass is 32.2. The number of oxazole rings is 1. The zero-order valence-corrected chi connectivity index (χ0v) is 18.5.